The third-order valence-corrected chi connectivity index (χ3v) is 4.58. The average Bonchev–Trinajstić information content (AvgIpc) is 2.58. The van der Waals surface area contributed by atoms with Crippen LogP contribution in [0.25, 0.3) is 0 Å². The molecule has 1 rings (SSSR count). The fourth-order valence-corrected chi connectivity index (χ4v) is 3.72. The van der Waals surface area contributed by atoms with Crippen molar-refractivity contribution in [2.24, 2.45) is 0 Å². The largest absolute Gasteiger partial charge is 0.377 e. The van der Waals surface area contributed by atoms with E-state index in [2.05, 4.69) is 14.9 Å². The maximum Gasteiger partial charge on any atom is 0.148 e. The molecule has 0 spiro atoms. The zero-order valence-electron chi connectivity index (χ0n) is 8.56. The monoisotopic (exact) mass is 267 g/mol. The van der Waals surface area contributed by atoms with Crippen molar-refractivity contribution < 1.29 is 8.42 Å². The van der Waals surface area contributed by atoms with Crippen molar-refractivity contribution in [1.82, 2.24) is 9.59 Å². The highest BCUT2D eigenvalue weighted by Gasteiger charge is 2.07. The van der Waals surface area contributed by atoms with Gasteiger partial charge in [0.25, 0.3) is 0 Å². The lowest BCUT2D eigenvalue weighted by Gasteiger charge is -2.00. The third kappa shape index (κ3) is 4.80. The van der Waals surface area contributed by atoms with Crippen LogP contribution >= 0.6 is 23.3 Å². The fraction of sp³-hybridized carbons (Fsp3) is 0.714. The molecular weight excluding hydrogens is 254 g/mol. The molecule has 1 aromatic rings. The summed E-state index contributed by atoms with van der Waals surface area (Å²) in [6.45, 7) is 0. The van der Waals surface area contributed by atoms with Crippen LogP contribution in [-0.2, 0) is 15.6 Å². The lowest BCUT2D eigenvalue weighted by Crippen LogP contribution is -2.05. The summed E-state index contributed by atoms with van der Waals surface area (Å²) in [6, 6.07) is 0. The summed E-state index contributed by atoms with van der Waals surface area (Å²) >= 11 is 2.86. The second kappa shape index (κ2) is 5.66. The molecule has 5 nitrogen and oxygen atoms in total. The molecule has 1 heterocycles. The Morgan fingerprint density at radius 1 is 1.53 bits per heavy atom. The predicted octanol–water partition coefficient (Wildman–Crippen LogP) is 0.858. The second-order valence-electron chi connectivity index (χ2n) is 2.98. The van der Waals surface area contributed by atoms with Gasteiger partial charge in [0.15, 0.2) is 0 Å². The van der Waals surface area contributed by atoms with E-state index in [0.717, 1.165) is 10.7 Å². The fourth-order valence-electron chi connectivity index (χ4n) is 0.872. The Morgan fingerprint density at radius 2 is 2.27 bits per heavy atom. The number of nitrogens with one attached hydrogen (secondary N) is 1. The molecule has 0 fully saturated rings. The van der Waals surface area contributed by atoms with Gasteiger partial charge >= 0.3 is 0 Å². The van der Waals surface area contributed by atoms with Crippen molar-refractivity contribution in [3.8, 4) is 0 Å². The number of sulfone groups is 1. The first-order chi connectivity index (χ1) is 7.03. The van der Waals surface area contributed by atoms with Gasteiger partial charge in [-0.05, 0) is 0 Å². The molecular formula is C7H13N3O2S3. The molecule has 0 saturated heterocycles. The molecule has 0 unspecified atom stereocenters. The Balaban J connectivity index is 2.32. The molecule has 0 aromatic carbocycles. The summed E-state index contributed by atoms with van der Waals surface area (Å²) in [4.78, 5) is 0. The summed E-state index contributed by atoms with van der Waals surface area (Å²) in [6.07, 6.45) is 1.25. The molecule has 0 aliphatic rings. The number of aromatic nitrogens is 2. The highest BCUT2D eigenvalue weighted by Crippen LogP contribution is 2.21. The minimum Gasteiger partial charge on any atom is -0.377 e. The third-order valence-electron chi connectivity index (χ3n) is 1.62. The van der Waals surface area contributed by atoms with Gasteiger partial charge in [-0.2, -0.15) is 11.8 Å². The summed E-state index contributed by atoms with van der Waals surface area (Å²) in [5.74, 6) is 1.51. The van der Waals surface area contributed by atoms with Crippen LogP contribution in [0.2, 0.25) is 0 Å². The van der Waals surface area contributed by atoms with Crippen LogP contribution in [-0.4, -0.2) is 42.8 Å². The summed E-state index contributed by atoms with van der Waals surface area (Å²) in [5.41, 5.74) is 0.890. The van der Waals surface area contributed by atoms with Gasteiger partial charge in [-0.1, -0.05) is 4.49 Å². The molecule has 0 aliphatic heterocycles. The first-order valence-electron chi connectivity index (χ1n) is 4.27. The van der Waals surface area contributed by atoms with E-state index >= 15 is 0 Å². The quantitative estimate of drug-likeness (QED) is 0.771. The maximum atomic E-state index is 10.9. The van der Waals surface area contributed by atoms with Gasteiger partial charge in [-0.15, -0.1) is 5.10 Å². The lowest BCUT2D eigenvalue weighted by molar-refractivity contribution is 0.603. The minimum atomic E-state index is -2.85. The predicted molar refractivity (Wildman–Crippen MR) is 65.3 cm³/mol. The van der Waals surface area contributed by atoms with Gasteiger partial charge in [0.2, 0.25) is 0 Å². The van der Waals surface area contributed by atoms with Crippen molar-refractivity contribution in [3.05, 3.63) is 5.69 Å². The summed E-state index contributed by atoms with van der Waals surface area (Å²) < 4.78 is 25.5. The molecule has 15 heavy (non-hydrogen) atoms. The zero-order valence-corrected chi connectivity index (χ0v) is 11.0. The Kier molecular flexibility index (Phi) is 4.81. The molecule has 0 saturated carbocycles. The van der Waals surface area contributed by atoms with Crippen LogP contribution in [0.1, 0.15) is 5.69 Å². The SMILES string of the molecule is CNc1snnc1CSCCS(C)(=O)=O. The van der Waals surface area contributed by atoms with E-state index < -0.39 is 9.84 Å². The van der Waals surface area contributed by atoms with Gasteiger partial charge in [0.05, 0.1) is 5.75 Å². The Bertz CT molecular complexity index is 401. The van der Waals surface area contributed by atoms with Crippen LogP contribution in [0.5, 0.6) is 0 Å². The van der Waals surface area contributed by atoms with E-state index in [1.165, 1.54) is 17.8 Å². The van der Waals surface area contributed by atoms with Gasteiger partial charge in [0, 0.05) is 36.3 Å². The van der Waals surface area contributed by atoms with Crippen LogP contribution in [0, 0.1) is 0 Å². The van der Waals surface area contributed by atoms with E-state index in [9.17, 15) is 8.42 Å². The molecule has 1 aromatic heterocycles. The van der Waals surface area contributed by atoms with E-state index in [-0.39, 0.29) is 5.75 Å². The molecule has 1 N–H and O–H groups in total. The van der Waals surface area contributed by atoms with E-state index in [0.29, 0.717) is 11.5 Å². The van der Waals surface area contributed by atoms with E-state index in [1.54, 1.807) is 11.8 Å². The number of thioether (sulfide) groups is 1. The van der Waals surface area contributed by atoms with Crippen molar-refractivity contribution in [2.75, 3.05) is 30.1 Å². The zero-order chi connectivity index (χ0) is 11.3. The maximum absolute atomic E-state index is 10.9. The summed E-state index contributed by atoms with van der Waals surface area (Å²) in [5, 5.41) is 7.90. The van der Waals surface area contributed by atoms with E-state index in [1.807, 2.05) is 7.05 Å². The molecule has 0 amide bonds. The molecule has 0 radical (unpaired) electrons. The molecule has 8 heteroatoms. The molecule has 0 atom stereocenters. The average molecular weight is 267 g/mol. The Morgan fingerprint density at radius 3 is 2.87 bits per heavy atom. The first kappa shape index (κ1) is 12.7. The van der Waals surface area contributed by atoms with Crippen LogP contribution in [0.4, 0.5) is 5.00 Å². The van der Waals surface area contributed by atoms with Crippen molar-refractivity contribution in [3.63, 3.8) is 0 Å². The number of nitrogens with zero attached hydrogens (tertiary/aromatic N) is 2. The molecule has 0 bridgehead atoms. The van der Waals surface area contributed by atoms with Crippen molar-refractivity contribution in [1.29, 1.82) is 0 Å². The number of anilines is 1. The van der Waals surface area contributed by atoms with Crippen LogP contribution < -0.4 is 5.32 Å². The summed E-state index contributed by atoms with van der Waals surface area (Å²) in [7, 11) is -1.03. The van der Waals surface area contributed by atoms with Crippen molar-refractivity contribution in [2.45, 2.75) is 5.75 Å². The van der Waals surface area contributed by atoms with Crippen LogP contribution in [0.15, 0.2) is 0 Å². The normalized spacial score (nSPS) is 11.6. The second-order valence-corrected chi connectivity index (χ2v) is 7.10. The standard InChI is InChI=1S/C7H13N3O2S3/c1-8-7-6(9-10-14-7)5-13-3-4-15(2,11)12/h8H,3-5H2,1-2H3. The van der Waals surface area contributed by atoms with Crippen molar-refractivity contribution >= 4 is 38.1 Å². The molecule has 0 aliphatic carbocycles. The van der Waals surface area contributed by atoms with Gasteiger partial charge in [0.1, 0.15) is 20.5 Å². The minimum absolute atomic E-state index is 0.212. The van der Waals surface area contributed by atoms with Gasteiger partial charge in [-0.3, -0.25) is 0 Å². The topological polar surface area (TPSA) is 72.0 Å². The van der Waals surface area contributed by atoms with Crippen LogP contribution in [0.3, 0.4) is 0 Å². The highest BCUT2D eigenvalue weighted by atomic mass is 32.2. The first-order valence-corrected chi connectivity index (χ1v) is 8.26. The molecule has 86 valence electrons. The van der Waals surface area contributed by atoms with Gasteiger partial charge < -0.3 is 5.32 Å². The van der Waals surface area contributed by atoms with E-state index in [4.69, 9.17) is 0 Å². The highest BCUT2D eigenvalue weighted by molar-refractivity contribution is 7.99. The van der Waals surface area contributed by atoms with Gasteiger partial charge in [-0.25, -0.2) is 8.42 Å². The number of rotatable bonds is 6. The Hall–Kier alpha value is -0.340. The lowest BCUT2D eigenvalue weighted by atomic mass is 10.5. The number of hydrogen-bond acceptors (Lipinski definition) is 7. The smallest absolute Gasteiger partial charge is 0.148 e. The Labute approximate surface area is 97.7 Å². The number of hydrogen-bond donors (Lipinski definition) is 1.